The molecule has 0 spiro atoms. The summed E-state index contributed by atoms with van der Waals surface area (Å²) >= 11 is 0. The molecule has 0 aromatic heterocycles. The molecule has 0 bridgehead atoms. The van der Waals surface area contributed by atoms with E-state index in [2.05, 4.69) is 64.9 Å². The van der Waals surface area contributed by atoms with E-state index < -0.39 is 20.3 Å². The average molecular weight is 405 g/mol. The van der Waals surface area contributed by atoms with Gasteiger partial charge in [-0.05, 0) is 55.1 Å². The van der Waals surface area contributed by atoms with E-state index in [1.165, 1.54) is 5.56 Å². The van der Waals surface area contributed by atoms with Crippen molar-refractivity contribution in [2.45, 2.75) is 71.1 Å². The normalized spacial score (nSPS) is 19.2. The van der Waals surface area contributed by atoms with Crippen LogP contribution >= 0.6 is 0 Å². The van der Waals surface area contributed by atoms with Gasteiger partial charge in [0.1, 0.15) is 11.8 Å². The van der Waals surface area contributed by atoms with Crippen LogP contribution < -0.4 is 9.85 Å². The molecule has 156 valence electrons. The fourth-order valence-corrected chi connectivity index (χ4v) is 4.12. The van der Waals surface area contributed by atoms with Crippen molar-refractivity contribution < 1.29 is 14.3 Å². The second-order valence-corrected chi connectivity index (χ2v) is 14.1. The molecule has 1 aromatic carbocycles. The van der Waals surface area contributed by atoms with E-state index in [0.29, 0.717) is 6.42 Å². The molecule has 0 radical (unpaired) electrons. The maximum atomic E-state index is 11.3. The summed E-state index contributed by atoms with van der Waals surface area (Å²) in [4.78, 5) is 11.3. The Labute approximate surface area is 170 Å². The predicted octanol–water partition coefficient (Wildman–Crippen LogP) is 4.82. The molecule has 0 aliphatic carbocycles. The summed E-state index contributed by atoms with van der Waals surface area (Å²) in [5.41, 5.74) is 5.23. The number of benzene rings is 1. The Balaban J connectivity index is 2.03. The van der Waals surface area contributed by atoms with Crippen LogP contribution in [-0.2, 0) is 11.2 Å². The maximum Gasteiger partial charge on any atom is 0.322 e. The summed E-state index contributed by atoms with van der Waals surface area (Å²) in [7, 11) is -1.87. The SMILES string of the molecule is C=C(C(C)Cc1cccc(O[Si](C)(C)C(C)(C)C)c1)N1CCCC(C(=O)O)N1. The molecule has 5 nitrogen and oxygen atoms in total. The summed E-state index contributed by atoms with van der Waals surface area (Å²) in [5, 5.41) is 11.3. The number of allylic oxidation sites excluding steroid dienone is 1. The first-order chi connectivity index (χ1) is 12.9. The van der Waals surface area contributed by atoms with E-state index in [-0.39, 0.29) is 11.0 Å². The minimum atomic E-state index is -1.87. The lowest BCUT2D eigenvalue weighted by atomic mass is 9.97. The van der Waals surface area contributed by atoms with E-state index >= 15 is 0 Å². The van der Waals surface area contributed by atoms with Crippen LogP contribution in [0.3, 0.4) is 0 Å². The third-order valence-corrected chi connectivity index (χ3v) is 10.4. The molecule has 1 fully saturated rings. The van der Waals surface area contributed by atoms with E-state index in [1.807, 2.05) is 17.1 Å². The number of carbonyl (C=O) groups is 1. The van der Waals surface area contributed by atoms with E-state index in [9.17, 15) is 9.90 Å². The molecule has 1 heterocycles. The van der Waals surface area contributed by atoms with Crippen molar-refractivity contribution in [3.05, 3.63) is 42.1 Å². The molecular formula is C22H36N2O3Si. The van der Waals surface area contributed by atoms with Gasteiger partial charge in [0.25, 0.3) is 0 Å². The van der Waals surface area contributed by atoms with E-state index in [0.717, 1.165) is 30.8 Å². The van der Waals surface area contributed by atoms with Gasteiger partial charge >= 0.3 is 5.97 Å². The van der Waals surface area contributed by atoms with Crippen molar-refractivity contribution in [1.29, 1.82) is 0 Å². The molecule has 2 atom stereocenters. The van der Waals surface area contributed by atoms with Crippen molar-refractivity contribution >= 4 is 14.3 Å². The lowest BCUT2D eigenvalue weighted by Gasteiger charge is -2.37. The minimum absolute atomic E-state index is 0.158. The molecule has 1 aliphatic rings. The number of hydrogen-bond acceptors (Lipinski definition) is 4. The number of nitrogens with zero attached hydrogens (tertiary/aromatic N) is 1. The number of carboxylic acid groups (broad SMARTS) is 1. The summed E-state index contributed by atoms with van der Waals surface area (Å²) in [5.74, 6) is 0.327. The lowest BCUT2D eigenvalue weighted by Crippen LogP contribution is -2.52. The highest BCUT2D eigenvalue weighted by atomic mass is 28.4. The van der Waals surface area contributed by atoms with Crippen molar-refractivity contribution in [3.8, 4) is 5.75 Å². The summed E-state index contributed by atoms with van der Waals surface area (Å²) in [6.45, 7) is 18.4. The molecule has 1 aromatic rings. The molecule has 2 N–H and O–H groups in total. The Morgan fingerprint density at radius 3 is 2.71 bits per heavy atom. The van der Waals surface area contributed by atoms with Gasteiger partial charge < -0.3 is 14.5 Å². The topological polar surface area (TPSA) is 61.8 Å². The van der Waals surface area contributed by atoms with Crippen molar-refractivity contribution in [1.82, 2.24) is 10.4 Å². The van der Waals surface area contributed by atoms with Gasteiger partial charge in [0, 0.05) is 18.2 Å². The number of hydrazine groups is 1. The highest BCUT2D eigenvalue weighted by Gasteiger charge is 2.39. The van der Waals surface area contributed by atoms with Crippen LogP contribution in [0.15, 0.2) is 36.5 Å². The molecule has 6 heteroatoms. The molecule has 28 heavy (non-hydrogen) atoms. The largest absolute Gasteiger partial charge is 0.543 e. The third-order valence-electron chi connectivity index (χ3n) is 6.02. The van der Waals surface area contributed by atoms with Gasteiger partial charge in [0.15, 0.2) is 0 Å². The molecule has 1 saturated heterocycles. The molecule has 2 unspecified atom stereocenters. The first kappa shape index (κ1) is 22.5. The van der Waals surface area contributed by atoms with Crippen LogP contribution in [0, 0.1) is 5.92 Å². The lowest BCUT2D eigenvalue weighted by molar-refractivity contribution is -0.142. The zero-order valence-electron chi connectivity index (χ0n) is 18.2. The van der Waals surface area contributed by atoms with E-state index in [1.54, 1.807) is 0 Å². The van der Waals surface area contributed by atoms with Gasteiger partial charge in [0.2, 0.25) is 8.32 Å². The molecular weight excluding hydrogens is 368 g/mol. The van der Waals surface area contributed by atoms with Gasteiger partial charge in [-0.1, -0.05) is 46.4 Å². The van der Waals surface area contributed by atoms with Crippen molar-refractivity contribution in [2.75, 3.05) is 6.54 Å². The first-order valence-electron chi connectivity index (χ1n) is 10.1. The fraction of sp³-hybridized carbons (Fsp3) is 0.591. The summed E-state index contributed by atoms with van der Waals surface area (Å²) in [6.07, 6.45) is 2.34. The molecule has 0 saturated carbocycles. The van der Waals surface area contributed by atoms with Gasteiger partial charge in [-0.25, -0.2) is 5.43 Å². The minimum Gasteiger partial charge on any atom is -0.543 e. The van der Waals surface area contributed by atoms with Crippen LogP contribution in [-0.4, -0.2) is 37.0 Å². The van der Waals surface area contributed by atoms with Crippen LogP contribution in [0.5, 0.6) is 5.75 Å². The second-order valence-electron chi connectivity index (χ2n) is 9.42. The zero-order valence-corrected chi connectivity index (χ0v) is 19.2. The van der Waals surface area contributed by atoms with Crippen molar-refractivity contribution in [2.24, 2.45) is 5.92 Å². The number of rotatable bonds is 7. The molecule has 0 amide bonds. The quantitative estimate of drug-likeness (QED) is 0.638. The van der Waals surface area contributed by atoms with Crippen LogP contribution in [0.4, 0.5) is 0 Å². The second kappa shape index (κ2) is 8.70. The third kappa shape index (κ3) is 5.61. The van der Waals surface area contributed by atoms with Crippen LogP contribution in [0.1, 0.15) is 46.1 Å². The maximum absolute atomic E-state index is 11.3. The zero-order chi connectivity index (χ0) is 21.1. The average Bonchev–Trinajstić information content (AvgIpc) is 2.60. The first-order valence-corrected chi connectivity index (χ1v) is 13.0. The van der Waals surface area contributed by atoms with Gasteiger partial charge in [-0.2, -0.15) is 0 Å². The molecule has 1 aliphatic heterocycles. The summed E-state index contributed by atoms with van der Waals surface area (Å²) < 4.78 is 6.43. The highest BCUT2D eigenvalue weighted by Crippen LogP contribution is 2.37. The standard InChI is InChI=1S/C22H36N2O3Si/c1-16(17(2)24-13-9-12-20(23-24)21(25)26)14-18-10-8-11-19(15-18)27-28(6,7)22(3,4)5/h8,10-11,15-16,20,23H,2,9,12-14H2,1,3-7H3,(H,25,26). The van der Waals surface area contributed by atoms with Crippen LogP contribution in [0.2, 0.25) is 18.1 Å². The van der Waals surface area contributed by atoms with Crippen LogP contribution in [0.25, 0.3) is 0 Å². The fourth-order valence-electron chi connectivity index (χ4n) is 3.10. The number of hydrogen-bond donors (Lipinski definition) is 2. The number of nitrogens with one attached hydrogen (secondary N) is 1. The Bertz CT molecular complexity index is 712. The number of carboxylic acids is 1. The summed E-state index contributed by atoms with van der Waals surface area (Å²) in [6, 6.07) is 7.80. The van der Waals surface area contributed by atoms with Crippen molar-refractivity contribution in [3.63, 3.8) is 0 Å². The van der Waals surface area contributed by atoms with Gasteiger partial charge in [0.05, 0.1) is 0 Å². The Hall–Kier alpha value is -1.79. The molecule has 2 rings (SSSR count). The highest BCUT2D eigenvalue weighted by molar-refractivity contribution is 6.74. The van der Waals surface area contributed by atoms with Gasteiger partial charge in [-0.15, -0.1) is 0 Å². The monoisotopic (exact) mass is 404 g/mol. The smallest absolute Gasteiger partial charge is 0.322 e. The Kier molecular flexibility index (Phi) is 6.99. The van der Waals surface area contributed by atoms with E-state index in [4.69, 9.17) is 4.43 Å². The van der Waals surface area contributed by atoms with Gasteiger partial charge in [-0.3, -0.25) is 4.79 Å². The number of aliphatic carboxylic acids is 1. The Morgan fingerprint density at radius 2 is 2.11 bits per heavy atom. The predicted molar refractivity (Wildman–Crippen MR) is 117 cm³/mol. The Morgan fingerprint density at radius 1 is 1.43 bits per heavy atom.